The minimum atomic E-state index is -0.133. The van der Waals surface area contributed by atoms with Crippen molar-refractivity contribution in [2.24, 2.45) is 23.2 Å². The number of hydrogen-bond donors (Lipinski definition) is 3. The number of rotatable bonds is 6. The maximum absolute atomic E-state index is 10.00. The van der Waals surface area contributed by atoms with Crippen molar-refractivity contribution >= 4 is 0 Å². The zero-order valence-corrected chi connectivity index (χ0v) is 21.0. The van der Waals surface area contributed by atoms with Gasteiger partial charge in [-0.1, -0.05) is 60.4 Å². The molecular weight excluding hydrogens is 394 g/mol. The van der Waals surface area contributed by atoms with Crippen molar-refractivity contribution in [2.75, 3.05) is 0 Å². The van der Waals surface area contributed by atoms with Gasteiger partial charge in [-0.05, 0) is 108 Å². The first-order valence-corrected chi connectivity index (χ1v) is 12.7. The molecule has 3 fully saturated rings. The lowest BCUT2D eigenvalue weighted by Gasteiger charge is -2.44. The number of hydrogen-bond acceptors (Lipinski definition) is 3. The maximum Gasteiger partial charge on any atom is 0.0588 e. The summed E-state index contributed by atoms with van der Waals surface area (Å²) in [7, 11) is 0. The number of hydroxylamine groups is 1. The van der Waals surface area contributed by atoms with Crippen molar-refractivity contribution in [3.05, 3.63) is 58.4 Å². The summed E-state index contributed by atoms with van der Waals surface area (Å²) in [5.41, 5.74) is 8.85. The Labute approximate surface area is 196 Å². The molecule has 3 N–H and O–H groups in total. The van der Waals surface area contributed by atoms with E-state index < -0.39 is 0 Å². The summed E-state index contributed by atoms with van der Waals surface area (Å²) >= 11 is 0. The third-order valence-corrected chi connectivity index (χ3v) is 8.44. The van der Waals surface area contributed by atoms with Crippen molar-refractivity contribution in [2.45, 2.75) is 98.5 Å². The van der Waals surface area contributed by atoms with Crippen LogP contribution in [0, 0.1) is 23.2 Å². The molecule has 0 saturated heterocycles. The fourth-order valence-corrected chi connectivity index (χ4v) is 6.71. The Hall–Kier alpha value is -1.58. The maximum atomic E-state index is 10.00. The second-order valence-electron chi connectivity index (χ2n) is 11.0. The molecule has 0 heterocycles. The number of fused-ring (bicyclic) bond motifs is 1. The third-order valence-electron chi connectivity index (χ3n) is 8.44. The van der Waals surface area contributed by atoms with E-state index in [1.54, 1.807) is 5.57 Å². The van der Waals surface area contributed by atoms with Crippen LogP contribution in [0.15, 0.2) is 58.4 Å². The summed E-state index contributed by atoms with van der Waals surface area (Å²) in [4.78, 5) is 0. The lowest BCUT2D eigenvalue weighted by molar-refractivity contribution is 0.112. The predicted molar refractivity (Wildman–Crippen MR) is 134 cm³/mol. The number of allylic oxidation sites excluding steroid dienone is 8. The molecule has 0 aromatic heterocycles. The van der Waals surface area contributed by atoms with Crippen LogP contribution in [0.1, 0.15) is 92.4 Å². The van der Waals surface area contributed by atoms with Gasteiger partial charge in [0.25, 0.3) is 0 Å². The molecule has 5 atom stereocenters. The van der Waals surface area contributed by atoms with E-state index in [1.807, 2.05) is 19.9 Å². The fourth-order valence-electron chi connectivity index (χ4n) is 6.71. The zero-order valence-electron chi connectivity index (χ0n) is 21.0. The molecule has 0 radical (unpaired) electrons. The van der Waals surface area contributed by atoms with Crippen LogP contribution in [0.4, 0.5) is 0 Å². The van der Waals surface area contributed by atoms with Crippen LogP contribution in [-0.2, 0) is 0 Å². The van der Waals surface area contributed by atoms with E-state index in [9.17, 15) is 10.3 Å². The lowest BCUT2D eigenvalue weighted by atomic mass is 9.61. The Morgan fingerprint density at radius 3 is 2.53 bits per heavy atom. The Kier molecular flexibility index (Phi) is 8.63. The standard InChI is InChI=1S/C29H45NO2/c1-20(2)28(30-32)16-11-21(3)18-22(4)26-14-15-27-24(9-7-17-29(26,27)5)13-12-23-8-6-10-25(31)19-23/h11-13,16,18,22,25-27,30-32H,6-10,14-15,17,19H2,1-5H3/b16-11+,21-18+,23-12-,24-13+/t22-,25+,26?,27?,29-/m1/s1. The lowest BCUT2D eigenvalue weighted by Crippen LogP contribution is -2.35. The fraction of sp³-hybridized carbons (Fsp3) is 0.655. The van der Waals surface area contributed by atoms with Crippen molar-refractivity contribution in [1.29, 1.82) is 0 Å². The van der Waals surface area contributed by atoms with E-state index >= 15 is 0 Å². The molecule has 32 heavy (non-hydrogen) atoms. The van der Waals surface area contributed by atoms with Crippen LogP contribution < -0.4 is 5.48 Å². The van der Waals surface area contributed by atoms with Crippen molar-refractivity contribution < 1.29 is 10.3 Å². The van der Waals surface area contributed by atoms with Gasteiger partial charge < -0.3 is 5.11 Å². The van der Waals surface area contributed by atoms with Crippen LogP contribution in [-0.4, -0.2) is 16.4 Å². The van der Waals surface area contributed by atoms with E-state index in [-0.39, 0.29) is 6.10 Å². The topological polar surface area (TPSA) is 52.5 Å². The Bertz CT molecular complexity index is 811. The summed E-state index contributed by atoms with van der Waals surface area (Å²) in [6, 6.07) is 0. The molecule has 0 aliphatic heterocycles. The highest BCUT2D eigenvalue weighted by Crippen LogP contribution is 2.59. The molecule has 0 spiro atoms. The average molecular weight is 440 g/mol. The molecule has 3 saturated carbocycles. The minimum Gasteiger partial charge on any atom is -0.393 e. The highest BCUT2D eigenvalue weighted by atomic mass is 16.5. The predicted octanol–water partition coefficient (Wildman–Crippen LogP) is 7.40. The van der Waals surface area contributed by atoms with Crippen molar-refractivity contribution in [3.8, 4) is 0 Å². The van der Waals surface area contributed by atoms with E-state index in [2.05, 4.69) is 50.6 Å². The van der Waals surface area contributed by atoms with E-state index in [0.717, 1.165) is 37.0 Å². The van der Waals surface area contributed by atoms with Crippen LogP contribution in [0.2, 0.25) is 0 Å². The van der Waals surface area contributed by atoms with Gasteiger partial charge >= 0.3 is 0 Å². The number of aliphatic hydroxyl groups excluding tert-OH is 1. The summed E-state index contributed by atoms with van der Waals surface area (Å²) in [6.45, 7) is 11.1. The summed E-state index contributed by atoms with van der Waals surface area (Å²) in [5.74, 6) is 1.95. The van der Waals surface area contributed by atoms with Crippen LogP contribution in [0.5, 0.6) is 0 Å². The largest absolute Gasteiger partial charge is 0.393 e. The molecule has 0 aromatic rings. The molecule has 3 nitrogen and oxygen atoms in total. The second-order valence-corrected chi connectivity index (χ2v) is 11.0. The van der Waals surface area contributed by atoms with Gasteiger partial charge in [0.05, 0.1) is 11.8 Å². The molecule has 3 heteroatoms. The normalized spacial score (nSPS) is 34.7. The van der Waals surface area contributed by atoms with E-state index in [1.165, 1.54) is 43.3 Å². The Morgan fingerprint density at radius 1 is 1.06 bits per heavy atom. The van der Waals surface area contributed by atoms with Gasteiger partial charge in [0.15, 0.2) is 0 Å². The van der Waals surface area contributed by atoms with Gasteiger partial charge in [0.1, 0.15) is 0 Å². The molecular formula is C29H45NO2. The summed E-state index contributed by atoms with van der Waals surface area (Å²) in [5, 5.41) is 19.3. The number of nitrogens with one attached hydrogen (secondary N) is 1. The Balaban J connectivity index is 1.72. The smallest absolute Gasteiger partial charge is 0.0588 e. The molecule has 0 amide bonds. The first-order chi connectivity index (χ1) is 15.2. The van der Waals surface area contributed by atoms with E-state index in [4.69, 9.17) is 0 Å². The third kappa shape index (κ3) is 5.85. The van der Waals surface area contributed by atoms with Gasteiger partial charge in [0, 0.05) is 0 Å². The molecule has 3 rings (SSSR count). The van der Waals surface area contributed by atoms with Crippen LogP contribution >= 0.6 is 0 Å². The van der Waals surface area contributed by atoms with E-state index in [0.29, 0.717) is 23.2 Å². The monoisotopic (exact) mass is 439 g/mol. The average Bonchev–Trinajstić information content (AvgIpc) is 3.10. The van der Waals surface area contributed by atoms with Crippen LogP contribution in [0.25, 0.3) is 0 Å². The first kappa shape index (κ1) is 25.1. The van der Waals surface area contributed by atoms with Crippen molar-refractivity contribution in [3.63, 3.8) is 0 Å². The van der Waals surface area contributed by atoms with Gasteiger partial charge in [-0.15, -0.1) is 0 Å². The van der Waals surface area contributed by atoms with Crippen LogP contribution in [0.3, 0.4) is 0 Å². The van der Waals surface area contributed by atoms with Gasteiger partial charge in [-0.25, -0.2) is 0 Å². The van der Waals surface area contributed by atoms with Gasteiger partial charge in [-0.3, -0.25) is 10.7 Å². The highest BCUT2D eigenvalue weighted by Gasteiger charge is 2.50. The number of aliphatic hydroxyl groups is 1. The highest BCUT2D eigenvalue weighted by molar-refractivity contribution is 5.29. The van der Waals surface area contributed by atoms with Crippen molar-refractivity contribution in [1.82, 2.24) is 5.48 Å². The SMILES string of the molecule is CC(C)=C(/C=C/C(C)=C/[C@@H](C)C1CCC2/C(=C/C=C3/CCC[C@H](O)C3)CCC[C@@]21C)NO. The molecule has 0 bridgehead atoms. The minimum absolute atomic E-state index is 0.133. The molecule has 0 aromatic carbocycles. The molecule has 2 unspecified atom stereocenters. The van der Waals surface area contributed by atoms with Gasteiger partial charge in [0.2, 0.25) is 0 Å². The molecule has 3 aliphatic rings. The first-order valence-electron chi connectivity index (χ1n) is 12.7. The quantitative estimate of drug-likeness (QED) is 0.298. The zero-order chi connectivity index (χ0) is 23.3. The summed E-state index contributed by atoms with van der Waals surface area (Å²) < 4.78 is 0. The molecule has 3 aliphatic carbocycles. The van der Waals surface area contributed by atoms with Gasteiger partial charge in [-0.2, -0.15) is 0 Å². The molecule has 178 valence electrons. The summed E-state index contributed by atoms with van der Waals surface area (Å²) in [6.07, 6.45) is 21.7. The Morgan fingerprint density at radius 2 is 1.84 bits per heavy atom. The second kappa shape index (κ2) is 11.0.